The summed E-state index contributed by atoms with van der Waals surface area (Å²) in [6.45, 7) is 1.99. The van der Waals surface area contributed by atoms with Gasteiger partial charge in [0.2, 0.25) is 0 Å². The Morgan fingerprint density at radius 3 is 2.38 bits per heavy atom. The minimum atomic E-state index is -0.167. The first-order chi connectivity index (χ1) is 7.59. The van der Waals surface area contributed by atoms with Crippen molar-refractivity contribution in [2.24, 2.45) is 0 Å². The van der Waals surface area contributed by atoms with Crippen molar-refractivity contribution in [1.82, 2.24) is 0 Å². The highest BCUT2D eigenvalue weighted by atomic mass is 79.9. The molecule has 0 nitrogen and oxygen atoms in total. The van der Waals surface area contributed by atoms with E-state index in [0.29, 0.717) is 0 Å². The maximum atomic E-state index is 6.41. The minimum absolute atomic E-state index is 0.167. The maximum Gasteiger partial charge on any atom is 0.0942 e. The second kappa shape index (κ2) is 5.09. The third-order valence-electron chi connectivity index (χ3n) is 2.32. The number of aryl methyl sites for hydroxylation is 1. The lowest BCUT2D eigenvalue weighted by Gasteiger charge is -2.08. The van der Waals surface area contributed by atoms with Crippen molar-refractivity contribution in [2.45, 2.75) is 12.3 Å². The van der Waals surface area contributed by atoms with E-state index in [1.807, 2.05) is 36.6 Å². The zero-order chi connectivity index (χ0) is 11.7. The van der Waals surface area contributed by atoms with Crippen LogP contribution < -0.4 is 0 Å². The molecule has 0 bridgehead atoms. The molecule has 0 fully saturated rings. The van der Waals surface area contributed by atoms with Crippen molar-refractivity contribution in [3.8, 4) is 0 Å². The lowest BCUT2D eigenvalue weighted by molar-refractivity contribution is 1.18. The Morgan fingerprint density at radius 2 is 1.88 bits per heavy atom. The summed E-state index contributed by atoms with van der Waals surface area (Å²) in [5.41, 5.74) is 2.15. The Kier molecular flexibility index (Phi) is 3.96. The summed E-state index contributed by atoms with van der Waals surface area (Å²) in [7, 11) is 0. The molecule has 0 aliphatic heterocycles. The van der Waals surface area contributed by atoms with Crippen molar-refractivity contribution >= 4 is 50.5 Å². The zero-order valence-electron chi connectivity index (χ0n) is 8.51. The third-order valence-corrected chi connectivity index (χ3v) is 5.23. The fourth-order valence-electron chi connectivity index (χ4n) is 1.40. The molecule has 1 aromatic heterocycles. The highest BCUT2D eigenvalue weighted by Gasteiger charge is 2.17. The lowest BCUT2D eigenvalue weighted by Crippen LogP contribution is -1.90. The summed E-state index contributed by atoms with van der Waals surface area (Å²) in [5.74, 6) is 0. The third kappa shape index (κ3) is 2.45. The zero-order valence-corrected chi connectivity index (χ0v) is 12.4. The smallest absolute Gasteiger partial charge is 0.0942 e. The van der Waals surface area contributed by atoms with Gasteiger partial charge in [0.1, 0.15) is 0 Å². The van der Waals surface area contributed by atoms with E-state index in [9.17, 15) is 0 Å². The average Bonchev–Trinajstić information content (AvgIpc) is 2.60. The van der Waals surface area contributed by atoms with Crippen molar-refractivity contribution in [1.29, 1.82) is 0 Å². The van der Waals surface area contributed by atoms with Gasteiger partial charge in [-0.05, 0) is 35.6 Å². The monoisotopic (exact) mass is 334 g/mol. The van der Waals surface area contributed by atoms with E-state index in [4.69, 9.17) is 23.2 Å². The summed E-state index contributed by atoms with van der Waals surface area (Å²) in [6, 6.07) is 7.98. The Labute approximate surface area is 117 Å². The minimum Gasteiger partial charge on any atom is -0.145 e. The van der Waals surface area contributed by atoms with Crippen LogP contribution in [0.4, 0.5) is 0 Å². The average molecular weight is 336 g/mol. The summed E-state index contributed by atoms with van der Waals surface area (Å²) in [5, 5.41) is 2.65. The fourth-order valence-corrected chi connectivity index (χ4v) is 3.44. The molecule has 0 saturated heterocycles. The molecule has 1 heterocycles. The SMILES string of the molecule is Cc1csc(C(Cl)c2ccc(Br)cc2)c1Cl. The molecule has 2 aromatic rings. The molecule has 0 radical (unpaired) electrons. The summed E-state index contributed by atoms with van der Waals surface area (Å²) in [4.78, 5) is 1.02. The molecule has 1 unspecified atom stereocenters. The van der Waals surface area contributed by atoms with Crippen LogP contribution in [0.1, 0.15) is 21.4 Å². The van der Waals surface area contributed by atoms with Gasteiger partial charge in [0.15, 0.2) is 0 Å². The van der Waals surface area contributed by atoms with E-state index in [1.54, 1.807) is 11.3 Å². The van der Waals surface area contributed by atoms with Crippen LogP contribution in [-0.4, -0.2) is 0 Å². The van der Waals surface area contributed by atoms with Crippen LogP contribution in [0.15, 0.2) is 34.1 Å². The Bertz CT molecular complexity index is 490. The van der Waals surface area contributed by atoms with E-state index >= 15 is 0 Å². The van der Waals surface area contributed by atoms with Gasteiger partial charge >= 0.3 is 0 Å². The summed E-state index contributed by atoms with van der Waals surface area (Å²) in [6.07, 6.45) is 0. The quantitative estimate of drug-likeness (QED) is 0.608. The maximum absolute atomic E-state index is 6.41. The van der Waals surface area contributed by atoms with Crippen molar-refractivity contribution in [3.63, 3.8) is 0 Å². The standard InChI is InChI=1S/C12H9BrCl2S/c1-7-6-16-12(10(7)14)11(15)8-2-4-9(13)5-3-8/h2-6,11H,1H3. The number of hydrogen-bond acceptors (Lipinski definition) is 1. The normalized spacial score (nSPS) is 12.8. The molecule has 0 spiro atoms. The molecule has 0 saturated carbocycles. The van der Waals surface area contributed by atoms with E-state index in [-0.39, 0.29) is 5.38 Å². The topological polar surface area (TPSA) is 0 Å². The molecule has 16 heavy (non-hydrogen) atoms. The van der Waals surface area contributed by atoms with Crippen LogP contribution in [-0.2, 0) is 0 Å². The number of hydrogen-bond donors (Lipinski definition) is 0. The van der Waals surface area contributed by atoms with Crippen molar-refractivity contribution in [3.05, 3.63) is 55.1 Å². The van der Waals surface area contributed by atoms with Crippen molar-refractivity contribution in [2.75, 3.05) is 0 Å². The van der Waals surface area contributed by atoms with Crippen LogP contribution in [0.5, 0.6) is 0 Å². The van der Waals surface area contributed by atoms with Gasteiger partial charge in [0.05, 0.1) is 10.4 Å². The van der Waals surface area contributed by atoms with Crippen LogP contribution in [0.3, 0.4) is 0 Å². The Balaban J connectivity index is 2.35. The molecule has 0 aliphatic rings. The fraction of sp³-hybridized carbons (Fsp3) is 0.167. The number of alkyl halides is 1. The van der Waals surface area contributed by atoms with Crippen LogP contribution in [0.2, 0.25) is 5.02 Å². The second-order valence-electron chi connectivity index (χ2n) is 3.51. The molecule has 0 N–H and O–H groups in total. The number of thiophene rings is 1. The molecule has 0 amide bonds. The summed E-state index contributed by atoms with van der Waals surface area (Å²) < 4.78 is 1.05. The largest absolute Gasteiger partial charge is 0.145 e. The molecule has 1 atom stereocenters. The van der Waals surface area contributed by atoms with Gasteiger partial charge in [-0.2, -0.15) is 0 Å². The van der Waals surface area contributed by atoms with Gasteiger partial charge < -0.3 is 0 Å². The second-order valence-corrected chi connectivity index (χ2v) is 6.15. The van der Waals surface area contributed by atoms with E-state index in [0.717, 1.165) is 25.5 Å². The number of halogens is 3. The van der Waals surface area contributed by atoms with Gasteiger partial charge in [-0.25, -0.2) is 0 Å². The van der Waals surface area contributed by atoms with Crippen LogP contribution >= 0.6 is 50.5 Å². The van der Waals surface area contributed by atoms with E-state index in [1.165, 1.54) is 0 Å². The predicted molar refractivity (Wildman–Crippen MR) is 75.9 cm³/mol. The highest BCUT2D eigenvalue weighted by Crippen LogP contribution is 2.39. The molecular formula is C12H9BrCl2S. The molecule has 4 heteroatoms. The highest BCUT2D eigenvalue weighted by molar-refractivity contribution is 9.10. The first kappa shape index (κ1) is 12.4. The Morgan fingerprint density at radius 1 is 1.25 bits per heavy atom. The van der Waals surface area contributed by atoms with Gasteiger partial charge in [-0.1, -0.05) is 39.7 Å². The van der Waals surface area contributed by atoms with Gasteiger partial charge in [-0.3, -0.25) is 0 Å². The number of rotatable bonds is 2. The first-order valence-corrected chi connectivity index (χ1v) is 7.21. The molecule has 1 aromatic carbocycles. The Hall–Kier alpha value is -0.0200. The first-order valence-electron chi connectivity index (χ1n) is 4.72. The summed E-state index contributed by atoms with van der Waals surface area (Å²) >= 11 is 17.6. The molecule has 84 valence electrons. The molecule has 2 rings (SSSR count). The van der Waals surface area contributed by atoms with Crippen LogP contribution in [0, 0.1) is 6.92 Å². The van der Waals surface area contributed by atoms with E-state index in [2.05, 4.69) is 15.9 Å². The number of benzene rings is 1. The lowest BCUT2D eigenvalue weighted by atomic mass is 10.1. The van der Waals surface area contributed by atoms with Gasteiger partial charge in [0, 0.05) is 9.35 Å². The molecular weight excluding hydrogens is 327 g/mol. The molecule has 0 aliphatic carbocycles. The predicted octanol–water partition coefficient (Wildman–Crippen LogP) is 5.80. The van der Waals surface area contributed by atoms with E-state index < -0.39 is 0 Å². The van der Waals surface area contributed by atoms with Crippen molar-refractivity contribution < 1.29 is 0 Å². The van der Waals surface area contributed by atoms with Gasteiger partial charge in [0.25, 0.3) is 0 Å². The van der Waals surface area contributed by atoms with Gasteiger partial charge in [-0.15, -0.1) is 22.9 Å². The van der Waals surface area contributed by atoms with Crippen LogP contribution in [0.25, 0.3) is 0 Å².